The van der Waals surface area contributed by atoms with Crippen molar-refractivity contribution < 1.29 is 9.59 Å². The molecule has 3 N–H and O–H groups in total. The van der Waals surface area contributed by atoms with Crippen LogP contribution in [-0.2, 0) is 4.79 Å². The van der Waals surface area contributed by atoms with Crippen LogP contribution in [0.5, 0.6) is 0 Å². The van der Waals surface area contributed by atoms with Crippen molar-refractivity contribution in [2.24, 2.45) is 11.7 Å². The quantitative estimate of drug-likeness (QED) is 0.546. The van der Waals surface area contributed by atoms with Crippen LogP contribution in [0.25, 0.3) is 10.2 Å². The monoisotopic (exact) mass is 373 g/mol. The third-order valence-corrected chi connectivity index (χ3v) is 6.11. The molecule has 1 heterocycles. The third-order valence-electron chi connectivity index (χ3n) is 5.06. The van der Waals surface area contributed by atoms with E-state index in [1.165, 1.54) is 17.8 Å². The topological polar surface area (TPSA) is 85.1 Å². The zero-order valence-electron chi connectivity index (χ0n) is 15.1. The van der Waals surface area contributed by atoms with Crippen molar-refractivity contribution in [1.82, 2.24) is 10.3 Å². The summed E-state index contributed by atoms with van der Waals surface area (Å²) in [6.45, 7) is 0.596. The largest absolute Gasteiger partial charge is 0.346 e. The fraction of sp³-hybridized carbons (Fsp3) is 0.550. The smallest absolute Gasteiger partial charge is 0.223 e. The van der Waals surface area contributed by atoms with Gasteiger partial charge in [-0.05, 0) is 50.8 Å². The van der Waals surface area contributed by atoms with Gasteiger partial charge in [-0.3, -0.25) is 9.59 Å². The number of amides is 1. The van der Waals surface area contributed by atoms with Gasteiger partial charge in [0.05, 0.1) is 16.3 Å². The first-order chi connectivity index (χ1) is 12.7. The van der Waals surface area contributed by atoms with Crippen molar-refractivity contribution in [3.8, 4) is 0 Å². The molecule has 0 spiro atoms. The Labute approximate surface area is 158 Å². The number of carbonyl (C=O) groups excluding carboxylic acids is 2. The first-order valence-electron chi connectivity index (χ1n) is 9.59. The van der Waals surface area contributed by atoms with E-state index in [0.717, 1.165) is 48.7 Å². The van der Waals surface area contributed by atoms with Crippen LogP contribution in [0.1, 0.15) is 61.2 Å². The molecular formula is C20H27N3O2S. The van der Waals surface area contributed by atoms with E-state index in [1.54, 1.807) is 0 Å². The number of ketones is 1. The predicted octanol–water partition coefficient (Wildman–Crippen LogP) is 3.67. The molecule has 1 amide bonds. The van der Waals surface area contributed by atoms with Gasteiger partial charge in [0.25, 0.3) is 0 Å². The summed E-state index contributed by atoms with van der Waals surface area (Å²) in [5.74, 6) is -0.00628. The molecule has 1 unspecified atom stereocenters. The fourth-order valence-corrected chi connectivity index (χ4v) is 4.50. The number of hydrogen-bond acceptors (Lipinski definition) is 5. The highest BCUT2D eigenvalue weighted by Gasteiger charge is 2.28. The van der Waals surface area contributed by atoms with Gasteiger partial charge in [0, 0.05) is 5.92 Å². The number of nitrogens with zero attached hydrogens (tertiary/aromatic N) is 1. The SMILES string of the molecule is NCCCCC(NC(=O)C1CCCCC1)C(=O)c1nc2ccccc2s1. The number of rotatable bonds is 8. The first-order valence-corrected chi connectivity index (χ1v) is 10.4. The lowest BCUT2D eigenvalue weighted by molar-refractivity contribution is -0.126. The molecule has 2 aromatic rings. The third kappa shape index (κ3) is 4.68. The lowest BCUT2D eigenvalue weighted by atomic mass is 9.88. The second-order valence-electron chi connectivity index (χ2n) is 7.03. The molecule has 1 aromatic carbocycles. The highest BCUT2D eigenvalue weighted by Crippen LogP contribution is 2.26. The lowest BCUT2D eigenvalue weighted by Gasteiger charge is -2.24. The molecule has 0 saturated heterocycles. The Morgan fingerprint density at radius 3 is 2.69 bits per heavy atom. The van der Waals surface area contributed by atoms with Crippen LogP contribution < -0.4 is 11.1 Å². The maximum atomic E-state index is 13.0. The van der Waals surface area contributed by atoms with E-state index in [2.05, 4.69) is 10.3 Å². The molecule has 3 rings (SSSR count). The molecule has 0 radical (unpaired) electrons. The van der Waals surface area contributed by atoms with E-state index in [0.29, 0.717) is 18.0 Å². The maximum absolute atomic E-state index is 13.0. The Kier molecular flexibility index (Phi) is 6.74. The number of hydrogen-bond donors (Lipinski definition) is 2. The molecule has 1 aromatic heterocycles. The van der Waals surface area contributed by atoms with Crippen molar-refractivity contribution in [2.45, 2.75) is 57.4 Å². The van der Waals surface area contributed by atoms with Gasteiger partial charge >= 0.3 is 0 Å². The zero-order valence-corrected chi connectivity index (χ0v) is 15.9. The molecule has 6 heteroatoms. The van der Waals surface area contributed by atoms with Gasteiger partial charge in [-0.1, -0.05) is 31.4 Å². The van der Waals surface area contributed by atoms with Crippen LogP contribution >= 0.6 is 11.3 Å². The summed E-state index contributed by atoms with van der Waals surface area (Å²) in [5, 5.41) is 3.51. The standard InChI is InChI=1S/C20H27N3O2S/c21-13-7-6-11-16(22-19(25)14-8-2-1-3-9-14)18(24)20-23-15-10-4-5-12-17(15)26-20/h4-5,10,12,14,16H,1-3,6-9,11,13,21H2,(H,22,25). The van der Waals surface area contributed by atoms with Gasteiger partial charge < -0.3 is 11.1 Å². The van der Waals surface area contributed by atoms with Crippen LogP contribution in [-0.4, -0.2) is 29.3 Å². The van der Waals surface area contributed by atoms with Gasteiger partial charge in [0.1, 0.15) is 0 Å². The average molecular weight is 374 g/mol. The van der Waals surface area contributed by atoms with Gasteiger partial charge in [0.2, 0.25) is 11.7 Å². The number of fused-ring (bicyclic) bond motifs is 1. The number of nitrogens with two attached hydrogens (primary N) is 1. The molecule has 140 valence electrons. The Bertz CT molecular complexity index is 719. The molecule has 1 atom stereocenters. The van der Waals surface area contributed by atoms with E-state index >= 15 is 0 Å². The number of nitrogens with one attached hydrogen (secondary N) is 1. The summed E-state index contributed by atoms with van der Waals surface area (Å²) < 4.78 is 0.996. The minimum Gasteiger partial charge on any atom is -0.346 e. The second-order valence-corrected chi connectivity index (χ2v) is 8.06. The summed E-state index contributed by atoms with van der Waals surface area (Å²) in [4.78, 5) is 30.1. The summed E-state index contributed by atoms with van der Waals surface area (Å²) in [5.41, 5.74) is 6.42. The summed E-state index contributed by atoms with van der Waals surface area (Å²) in [7, 11) is 0. The lowest BCUT2D eigenvalue weighted by Crippen LogP contribution is -2.44. The summed E-state index contributed by atoms with van der Waals surface area (Å²) >= 11 is 1.40. The molecule has 5 nitrogen and oxygen atoms in total. The molecule has 0 bridgehead atoms. The van der Waals surface area contributed by atoms with E-state index in [1.807, 2.05) is 24.3 Å². The van der Waals surface area contributed by atoms with E-state index in [9.17, 15) is 9.59 Å². The fourth-order valence-electron chi connectivity index (χ4n) is 3.54. The van der Waals surface area contributed by atoms with Crippen molar-refractivity contribution in [3.05, 3.63) is 29.3 Å². The highest BCUT2D eigenvalue weighted by atomic mass is 32.1. The molecule has 1 fully saturated rings. The minimum atomic E-state index is -0.503. The normalized spacial score (nSPS) is 16.5. The Morgan fingerprint density at radius 1 is 1.19 bits per heavy atom. The van der Waals surface area contributed by atoms with E-state index in [-0.39, 0.29) is 17.6 Å². The van der Waals surface area contributed by atoms with Gasteiger partial charge in [-0.25, -0.2) is 4.98 Å². The Balaban J connectivity index is 1.73. The van der Waals surface area contributed by atoms with E-state index < -0.39 is 6.04 Å². The minimum absolute atomic E-state index is 0.0249. The highest BCUT2D eigenvalue weighted by molar-refractivity contribution is 7.20. The average Bonchev–Trinajstić information content (AvgIpc) is 3.11. The van der Waals surface area contributed by atoms with Crippen molar-refractivity contribution in [2.75, 3.05) is 6.54 Å². The molecule has 0 aliphatic heterocycles. The van der Waals surface area contributed by atoms with E-state index in [4.69, 9.17) is 5.73 Å². The van der Waals surface area contributed by atoms with Crippen LogP contribution in [0.4, 0.5) is 0 Å². The first kappa shape index (κ1) is 19.0. The summed E-state index contributed by atoms with van der Waals surface area (Å²) in [6.07, 6.45) is 7.54. The number of carbonyl (C=O) groups is 2. The number of thiazole rings is 1. The van der Waals surface area contributed by atoms with Gasteiger partial charge in [-0.15, -0.1) is 11.3 Å². The molecular weight excluding hydrogens is 346 g/mol. The van der Waals surface area contributed by atoms with Gasteiger partial charge in [0.15, 0.2) is 5.01 Å². The van der Waals surface area contributed by atoms with Crippen LogP contribution in [0.15, 0.2) is 24.3 Å². The second kappa shape index (κ2) is 9.24. The van der Waals surface area contributed by atoms with Crippen molar-refractivity contribution in [3.63, 3.8) is 0 Å². The Hall–Kier alpha value is -1.79. The van der Waals surface area contributed by atoms with Crippen molar-refractivity contribution >= 4 is 33.2 Å². The molecule has 1 aliphatic carbocycles. The number of Topliss-reactive ketones (excluding diaryl/α,β-unsaturated/α-hetero) is 1. The molecule has 1 aliphatic rings. The Morgan fingerprint density at radius 2 is 1.96 bits per heavy atom. The maximum Gasteiger partial charge on any atom is 0.223 e. The molecule has 26 heavy (non-hydrogen) atoms. The number of benzene rings is 1. The molecule has 1 saturated carbocycles. The van der Waals surface area contributed by atoms with Crippen LogP contribution in [0, 0.1) is 5.92 Å². The van der Waals surface area contributed by atoms with Crippen LogP contribution in [0.2, 0.25) is 0 Å². The summed E-state index contributed by atoms with van der Waals surface area (Å²) in [6, 6.07) is 7.23. The number of para-hydroxylation sites is 1. The van der Waals surface area contributed by atoms with Crippen molar-refractivity contribution in [1.29, 1.82) is 0 Å². The zero-order chi connectivity index (χ0) is 18.4. The van der Waals surface area contributed by atoms with Crippen LogP contribution in [0.3, 0.4) is 0 Å². The van der Waals surface area contributed by atoms with Gasteiger partial charge in [-0.2, -0.15) is 0 Å². The predicted molar refractivity (Wildman–Crippen MR) is 105 cm³/mol. The number of aromatic nitrogens is 1. The number of unbranched alkanes of at least 4 members (excludes halogenated alkanes) is 1.